The minimum Gasteiger partial charge on any atom is -0.327 e. The van der Waals surface area contributed by atoms with Crippen molar-refractivity contribution in [1.82, 2.24) is 15.5 Å². The van der Waals surface area contributed by atoms with E-state index >= 15 is 0 Å². The van der Waals surface area contributed by atoms with Gasteiger partial charge in [0, 0.05) is 25.2 Å². The zero-order valence-electron chi connectivity index (χ0n) is 20.9. The van der Waals surface area contributed by atoms with E-state index in [4.69, 9.17) is 0 Å². The minimum absolute atomic E-state index is 0.0105. The standard InChI is InChI=1S/C26H24F4N4O5/c1-15-16(2)23(36)31-34(39-25(38)26(28,29)30)21(15)13-17-8-9-20(27)19(12-17)24(37)32-10-11-33(22(35)14-32)18-6-4-3-5-7-18/h3-9,12,16H,10-11,13-14H2,1-2H3,(H,31,36). The summed E-state index contributed by atoms with van der Waals surface area (Å²) in [6.45, 7) is 3.09. The van der Waals surface area contributed by atoms with Crippen LogP contribution >= 0.6 is 0 Å². The highest BCUT2D eigenvalue weighted by Crippen LogP contribution is 2.28. The molecule has 2 aliphatic heterocycles. The summed E-state index contributed by atoms with van der Waals surface area (Å²) in [6.07, 6.45) is -5.52. The van der Waals surface area contributed by atoms with Crippen molar-refractivity contribution in [3.63, 3.8) is 0 Å². The van der Waals surface area contributed by atoms with E-state index < -0.39 is 35.7 Å². The van der Waals surface area contributed by atoms with Crippen LogP contribution in [0, 0.1) is 11.7 Å². The Kier molecular flexibility index (Phi) is 7.61. The predicted molar refractivity (Wildman–Crippen MR) is 129 cm³/mol. The zero-order valence-corrected chi connectivity index (χ0v) is 20.9. The molecule has 0 bridgehead atoms. The van der Waals surface area contributed by atoms with Gasteiger partial charge in [-0.3, -0.25) is 14.4 Å². The van der Waals surface area contributed by atoms with E-state index in [9.17, 15) is 36.7 Å². The van der Waals surface area contributed by atoms with Crippen molar-refractivity contribution in [2.75, 3.05) is 24.5 Å². The highest BCUT2D eigenvalue weighted by Gasteiger charge is 2.44. The number of carbonyl (C=O) groups is 4. The first-order chi connectivity index (χ1) is 18.4. The van der Waals surface area contributed by atoms with Gasteiger partial charge in [-0.1, -0.05) is 24.3 Å². The summed E-state index contributed by atoms with van der Waals surface area (Å²) in [7, 11) is 0. The van der Waals surface area contributed by atoms with Gasteiger partial charge in [-0.2, -0.15) is 13.2 Å². The SMILES string of the molecule is CC1=C(Cc2ccc(F)c(C(=O)N3CCN(c4ccccc4)C(=O)C3)c2)N(OC(=O)C(F)(F)F)NC(=O)C1C. The average Bonchev–Trinajstić information content (AvgIpc) is 2.90. The molecule has 206 valence electrons. The van der Waals surface area contributed by atoms with Gasteiger partial charge >= 0.3 is 12.1 Å². The number of allylic oxidation sites excluding steroid dienone is 1. The number of benzene rings is 2. The summed E-state index contributed by atoms with van der Waals surface area (Å²) in [6, 6.07) is 12.5. The molecule has 3 amide bonds. The summed E-state index contributed by atoms with van der Waals surface area (Å²) in [4.78, 5) is 56.6. The zero-order chi connectivity index (χ0) is 28.5. The largest absolute Gasteiger partial charge is 0.493 e. The van der Waals surface area contributed by atoms with Crippen LogP contribution in [-0.4, -0.2) is 59.6 Å². The second-order valence-corrected chi connectivity index (χ2v) is 9.10. The molecule has 2 aromatic rings. The molecule has 1 N–H and O–H groups in total. The van der Waals surface area contributed by atoms with Crippen molar-refractivity contribution in [3.8, 4) is 0 Å². The number of hydrazine groups is 1. The Hall–Kier alpha value is -4.42. The van der Waals surface area contributed by atoms with Gasteiger partial charge in [0.25, 0.3) is 5.91 Å². The Bertz CT molecular complexity index is 1350. The number of hydrogen-bond donors (Lipinski definition) is 1. The van der Waals surface area contributed by atoms with Crippen molar-refractivity contribution in [2.24, 2.45) is 5.92 Å². The topological polar surface area (TPSA) is 99.3 Å². The van der Waals surface area contributed by atoms with E-state index in [1.165, 1.54) is 35.8 Å². The number of rotatable bonds is 5. The molecule has 4 rings (SSSR count). The molecule has 39 heavy (non-hydrogen) atoms. The first-order valence-electron chi connectivity index (χ1n) is 11.9. The number of carbonyl (C=O) groups excluding carboxylic acids is 4. The van der Waals surface area contributed by atoms with Gasteiger partial charge in [-0.05, 0) is 49.2 Å². The lowest BCUT2D eigenvalue weighted by atomic mass is 9.94. The number of hydrogen-bond acceptors (Lipinski definition) is 6. The van der Waals surface area contributed by atoms with Gasteiger partial charge in [0.05, 0.1) is 17.2 Å². The summed E-state index contributed by atoms with van der Waals surface area (Å²) in [5.74, 6) is -5.91. The van der Waals surface area contributed by atoms with Gasteiger partial charge < -0.3 is 14.6 Å². The van der Waals surface area contributed by atoms with Crippen molar-refractivity contribution >= 4 is 29.4 Å². The van der Waals surface area contributed by atoms with E-state index in [2.05, 4.69) is 10.3 Å². The summed E-state index contributed by atoms with van der Waals surface area (Å²) in [5.41, 5.74) is 3.05. The van der Waals surface area contributed by atoms with Gasteiger partial charge in [0.15, 0.2) is 0 Å². The lowest BCUT2D eigenvalue weighted by molar-refractivity contribution is -0.242. The first kappa shape index (κ1) is 27.6. The first-order valence-corrected chi connectivity index (χ1v) is 11.9. The minimum atomic E-state index is -5.32. The van der Waals surface area contributed by atoms with Crippen molar-refractivity contribution < 1.29 is 41.6 Å². The third-order valence-electron chi connectivity index (χ3n) is 6.57. The van der Waals surface area contributed by atoms with Crippen LogP contribution in [0.4, 0.5) is 23.2 Å². The number of anilines is 1. The van der Waals surface area contributed by atoms with Crippen LogP contribution in [0.5, 0.6) is 0 Å². The molecule has 1 saturated heterocycles. The number of nitrogens with zero attached hydrogens (tertiary/aromatic N) is 3. The number of hydroxylamine groups is 1. The predicted octanol–water partition coefficient (Wildman–Crippen LogP) is 3.13. The number of halogens is 4. The number of piperazine rings is 1. The number of alkyl halides is 3. The Morgan fingerprint density at radius 3 is 2.41 bits per heavy atom. The van der Waals surface area contributed by atoms with Gasteiger partial charge in [0.1, 0.15) is 12.4 Å². The maximum absolute atomic E-state index is 14.7. The fourth-order valence-electron chi connectivity index (χ4n) is 4.23. The second-order valence-electron chi connectivity index (χ2n) is 9.10. The van der Waals surface area contributed by atoms with Crippen molar-refractivity contribution in [1.29, 1.82) is 0 Å². The highest BCUT2D eigenvalue weighted by atomic mass is 19.4. The van der Waals surface area contributed by atoms with Gasteiger partial charge in [-0.15, -0.1) is 5.17 Å². The highest BCUT2D eigenvalue weighted by molar-refractivity contribution is 6.01. The van der Waals surface area contributed by atoms with Crippen LogP contribution in [0.25, 0.3) is 0 Å². The molecule has 2 aliphatic rings. The third-order valence-corrected chi connectivity index (χ3v) is 6.57. The maximum atomic E-state index is 14.7. The molecular weight excluding hydrogens is 524 g/mol. The number of amides is 3. The molecular formula is C26H24F4N4O5. The molecule has 2 aromatic carbocycles. The fraction of sp³-hybridized carbons (Fsp3) is 0.308. The lowest BCUT2D eigenvalue weighted by Gasteiger charge is -2.34. The number of nitrogens with one attached hydrogen (secondary N) is 1. The molecule has 2 heterocycles. The Balaban J connectivity index is 1.55. The molecule has 0 aliphatic carbocycles. The van der Waals surface area contributed by atoms with E-state index in [0.29, 0.717) is 22.0 Å². The molecule has 1 fully saturated rings. The van der Waals surface area contributed by atoms with Crippen LogP contribution in [0.2, 0.25) is 0 Å². The van der Waals surface area contributed by atoms with Gasteiger partial charge in [0.2, 0.25) is 11.8 Å². The lowest BCUT2D eigenvalue weighted by Crippen LogP contribution is -2.52. The fourth-order valence-corrected chi connectivity index (χ4v) is 4.23. The van der Waals surface area contributed by atoms with Crippen LogP contribution in [-0.2, 0) is 25.6 Å². The van der Waals surface area contributed by atoms with Gasteiger partial charge in [-0.25, -0.2) is 14.6 Å². The second kappa shape index (κ2) is 10.8. The molecule has 9 nitrogen and oxygen atoms in total. The van der Waals surface area contributed by atoms with Crippen LogP contribution < -0.4 is 10.3 Å². The summed E-state index contributed by atoms with van der Waals surface area (Å²) < 4.78 is 53.1. The van der Waals surface area contributed by atoms with Crippen LogP contribution in [0.15, 0.2) is 59.8 Å². The molecule has 1 atom stereocenters. The van der Waals surface area contributed by atoms with E-state index in [1.807, 2.05) is 6.07 Å². The molecule has 0 spiro atoms. The number of para-hydroxylation sites is 1. The monoisotopic (exact) mass is 548 g/mol. The van der Waals surface area contributed by atoms with Crippen LogP contribution in [0.3, 0.4) is 0 Å². The quantitative estimate of drug-likeness (QED) is 0.577. The van der Waals surface area contributed by atoms with E-state index in [0.717, 1.165) is 6.07 Å². The molecule has 1 unspecified atom stereocenters. The van der Waals surface area contributed by atoms with E-state index in [1.54, 1.807) is 24.3 Å². The Morgan fingerprint density at radius 1 is 1.08 bits per heavy atom. The smallest absolute Gasteiger partial charge is 0.327 e. The molecule has 0 radical (unpaired) electrons. The Morgan fingerprint density at radius 2 is 1.77 bits per heavy atom. The molecule has 13 heteroatoms. The third kappa shape index (κ3) is 5.86. The molecule has 0 aromatic heterocycles. The van der Waals surface area contributed by atoms with Crippen LogP contribution in [0.1, 0.15) is 29.8 Å². The summed E-state index contributed by atoms with van der Waals surface area (Å²) in [5, 5.41) is 0.347. The maximum Gasteiger partial charge on any atom is 0.493 e. The molecule has 0 saturated carbocycles. The summed E-state index contributed by atoms with van der Waals surface area (Å²) >= 11 is 0. The van der Waals surface area contributed by atoms with Crippen molar-refractivity contribution in [3.05, 3.63) is 76.7 Å². The average molecular weight is 548 g/mol. The van der Waals surface area contributed by atoms with E-state index in [-0.39, 0.29) is 43.2 Å². The van der Waals surface area contributed by atoms with Crippen molar-refractivity contribution in [2.45, 2.75) is 26.4 Å². The Labute approximate surface area is 220 Å². The normalized spacial score (nSPS) is 18.3.